The summed E-state index contributed by atoms with van der Waals surface area (Å²) in [6.45, 7) is 27.8. The molecular weight excluding hydrogens is 701 g/mol. The lowest BCUT2D eigenvalue weighted by Gasteiger charge is -2.47. The fraction of sp³-hybridized carbons (Fsp3) is 0.309. The van der Waals surface area contributed by atoms with Crippen molar-refractivity contribution < 1.29 is 4.42 Å². The quantitative estimate of drug-likeness (QED) is 0.155. The number of benzene rings is 6. The molecule has 290 valence electrons. The largest absolute Gasteiger partial charge is 0.468 e. The molecule has 1 aromatic heterocycles. The van der Waals surface area contributed by atoms with E-state index in [2.05, 4.69) is 209 Å². The van der Waals surface area contributed by atoms with Gasteiger partial charge in [0.1, 0.15) is 5.58 Å². The van der Waals surface area contributed by atoms with Gasteiger partial charge < -0.3 is 9.32 Å². The Morgan fingerprint density at radius 3 is 1.60 bits per heavy atom. The maximum atomic E-state index is 7.37. The van der Waals surface area contributed by atoms with Crippen LogP contribution in [0.15, 0.2) is 126 Å². The molecule has 10 rings (SSSR count). The van der Waals surface area contributed by atoms with Crippen molar-refractivity contribution in [2.75, 3.05) is 4.90 Å². The van der Waals surface area contributed by atoms with E-state index in [0.29, 0.717) is 0 Å². The molecule has 0 N–H and O–H groups in total. The Hall–Kier alpha value is -5.28. The highest BCUT2D eigenvalue weighted by molar-refractivity contribution is 6.98. The highest BCUT2D eigenvalue weighted by atomic mass is 16.3. The molecule has 0 saturated carbocycles. The summed E-state index contributed by atoms with van der Waals surface area (Å²) in [6, 6.07) is 47.2. The second kappa shape index (κ2) is 11.9. The van der Waals surface area contributed by atoms with Gasteiger partial charge in [-0.15, -0.1) is 0 Å². The maximum Gasteiger partial charge on any atom is 0.293 e. The summed E-state index contributed by atoms with van der Waals surface area (Å²) >= 11 is 0. The topological polar surface area (TPSA) is 16.4 Å². The van der Waals surface area contributed by atoms with Crippen molar-refractivity contribution in [1.82, 2.24) is 0 Å². The van der Waals surface area contributed by atoms with Crippen LogP contribution in [-0.4, -0.2) is 6.71 Å². The zero-order chi connectivity index (χ0) is 40.9. The van der Waals surface area contributed by atoms with Gasteiger partial charge in [-0.05, 0) is 113 Å². The van der Waals surface area contributed by atoms with Crippen LogP contribution in [0.1, 0.15) is 128 Å². The summed E-state index contributed by atoms with van der Waals surface area (Å²) < 4.78 is 7.37. The minimum atomic E-state index is -0.522. The Morgan fingerprint density at radius 2 is 1.02 bits per heavy atom. The maximum absolute atomic E-state index is 7.37. The van der Waals surface area contributed by atoms with E-state index in [1.807, 2.05) is 0 Å². The number of furan rings is 1. The summed E-state index contributed by atoms with van der Waals surface area (Å²) in [5, 5.41) is 1.17. The van der Waals surface area contributed by atoms with Crippen LogP contribution in [-0.2, 0) is 27.1 Å². The van der Waals surface area contributed by atoms with Crippen LogP contribution < -0.4 is 21.5 Å². The molecule has 0 bridgehead atoms. The molecule has 0 saturated heterocycles. The first-order valence-electron chi connectivity index (χ1n) is 21.3. The molecule has 3 heteroatoms. The minimum absolute atomic E-state index is 0.0225. The van der Waals surface area contributed by atoms with Gasteiger partial charge in [-0.25, -0.2) is 0 Å². The van der Waals surface area contributed by atoms with E-state index >= 15 is 0 Å². The second-order valence-electron chi connectivity index (χ2n) is 21.4. The molecule has 2 nitrogen and oxygen atoms in total. The highest BCUT2D eigenvalue weighted by Crippen LogP contribution is 2.58. The van der Waals surface area contributed by atoms with Gasteiger partial charge in [0.05, 0.1) is 16.8 Å². The van der Waals surface area contributed by atoms with Gasteiger partial charge >= 0.3 is 0 Å². The fourth-order valence-corrected chi connectivity index (χ4v) is 10.4. The van der Waals surface area contributed by atoms with Crippen molar-refractivity contribution in [1.29, 1.82) is 0 Å². The molecule has 1 aliphatic carbocycles. The molecule has 0 unspecified atom stereocenters. The Bertz CT molecular complexity index is 2780. The normalized spacial score (nSPS) is 15.3. The zero-order valence-corrected chi connectivity index (χ0v) is 36.5. The molecule has 0 atom stereocenters. The van der Waals surface area contributed by atoms with Crippen molar-refractivity contribution in [2.45, 2.75) is 110 Å². The summed E-state index contributed by atoms with van der Waals surface area (Å²) in [4.78, 5) is 2.57. The molecule has 2 aliphatic heterocycles. The molecule has 0 amide bonds. The van der Waals surface area contributed by atoms with Crippen LogP contribution in [0.25, 0.3) is 22.1 Å². The van der Waals surface area contributed by atoms with Crippen LogP contribution in [0.3, 0.4) is 0 Å². The summed E-state index contributed by atoms with van der Waals surface area (Å²) in [7, 11) is 0. The van der Waals surface area contributed by atoms with E-state index in [9.17, 15) is 0 Å². The van der Waals surface area contributed by atoms with Crippen molar-refractivity contribution in [2.24, 2.45) is 0 Å². The van der Waals surface area contributed by atoms with E-state index in [-0.39, 0.29) is 28.4 Å². The Labute approximate surface area is 346 Å². The van der Waals surface area contributed by atoms with Gasteiger partial charge in [0.15, 0.2) is 0 Å². The molecule has 1 spiro atoms. The molecule has 0 fully saturated rings. The summed E-state index contributed by atoms with van der Waals surface area (Å²) in [6.07, 6.45) is 0. The molecule has 58 heavy (non-hydrogen) atoms. The van der Waals surface area contributed by atoms with E-state index in [1.165, 1.54) is 77.6 Å². The van der Waals surface area contributed by atoms with Crippen LogP contribution >= 0.6 is 0 Å². The average Bonchev–Trinajstić information content (AvgIpc) is 3.68. The predicted molar refractivity (Wildman–Crippen MR) is 248 cm³/mol. The molecule has 3 heterocycles. The molecule has 6 aromatic carbocycles. The lowest BCUT2D eigenvalue weighted by Crippen LogP contribution is -2.65. The van der Waals surface area contributed by atoms with Crippen molar-refractivity contribution in [3.63, 3.8) is 0 Å². The van der Waals surface area contributed by atoms with Gasteiger partial charge in [-0.1, -0.05) is 180 Å². The zero-order valence-electron chi connectivity index (χ0n) is 36.5. The number of nitrogens with zero attached hydrogens (tertiary/aromatic N) is 1. The fourth-order valence-electron chi connectivity index (χ4n) is 10.4. The molecular formula is C55H56BNO. The number of anilines is 3. The number of fused-ring (bicyclic) bond motifs is 13. The third kappa shape index (κ3) is 5.11. The van der Waals surface area contributed by atoms with Crippen molar-refractivity contribution in [3.8, 4) is 11.1 Å². The van der Waals surface area contributed by atoms with Gasteiger partial charge in [0.25, 0.3) is 6.71 Å². The number of rotatable bonds is 1. The predicted octanol–water partition coefficient (Wildman–Crippen LogP) is 12.6. The van der Waals surface area contributed by atoms with Gasteiger partial charge in [0.2, 0.25) is 0 Å². The smallest absolute Gasteiger partial charge is 0.293 e. The summed E-state index contributed by atoms with van der Waals surface area (Å²) in [5.41, 5.74) is 20.9. The first kappa shape index (κ1) is 37.0. The lowest BCUT2D eigenvalue weighted by atomic mass is 9.30. The number of hydrogen-bond donors (Lipinski definition) is 0. The van der Waals surface area contributed by atoms with Crippen LogP contribution in [0.5, 0.6) is 0 Å². The average molecular weight is 758 g/mol. The third-order valence-corrected chi connectivity index (χ3v) is 13.6. The first-order chi connectivity index (χ1) is 27.3. The van der Waals surface area contributed by atoms with Gasteiger partial charge in [-0.3, -0.25) is 0 Å². The molecule has 7 aromatic rings. The SMILES string of the molecule is CC(C)(C)c1ccc(N2c3cc(C(C)(C)C)cc4c3B(c3cc(C(C)(C)C)ccc3C43c4ccccc4-c4ccccc43)c3oc4ccc(C(C)(C)C)cc4c32)cc1. The third-order valence-electron chi connectivity index (χ3n) is 13.6. The van der Waals surface area contributed by atoms with Crippen molar-refractivity contribution in [3.05, 3.63) is 166 Å². The van der Waals surface area contributed by atoms with Crippen LogP contribution in [0.4, 0.5) is 17.1 Å². The Morgan fingerprint density at radius 1 is 0.483 bits per heavy atom. The summed E-state index contributed by atoms with van der Waals surface area (Å²) in [5.74, 6) is 0. The molecule has 3 aliphatic rings. The van der Waals surface area contributed by atoms with E-state index in [1.54, 1.807) is 0 Å². The van der Waals surface area contributed by atoms with Crippen LogP contribution in [0, 0.1) is 0 Å². The van der Waals surface area contributed by atoms with E-state index < -0.39 is 5.41 Å². The number of hydrogen-bond acceptors (Lipinski definition) is 2. The lowest BCUT2D eigenvalue weighted by molar-refractivity contribution is 0.586. The molecule has 0 radical (unpaired) electrons. The Kier molecular flexibility index (Phi) is 7.60. The Balaban J connectivity index is 1.42. The van der Waals surface area contributed by atoms with Gasteiger partial charge in [-0.2, -0.15) is 0 Å². The highest BCUT2D eigenvalue weighted by Gasteiger charge is 2.56. The van der Waals surface area contributed by atoms with Crippen LogP contribution in [0.2, 0.25) is 0 Å². The van der Waals surface area contributed by atoms with E-state index in [4.69, 9.17) is 4.42 Å². The van der Waals surface area contributed by atoms with Gasteiger partial charge in [0, 0.05) is 16.8 Å². The van der Waals surface area contributed by atoms with E-state index in [0.717, 1.165) is 22.6 Å². The standard InChI is InChI=1S/C55H56BNO/c1-51(2,3)33-21-25-37(26-22-33)57-46-32-36(54(10,11)12)30-44-48(46)56(50-49(57)40-29-34(52(4,5)6)24-28-47(40)58-50)45-31-35(53(7,8)9)23-27-43(45)55(44)41-19-15-13-17-38(41)39-18-14-16-20-42(39)55/h13-32H,1-12H3. The van der Waals surface area contributed by atoms with Crippen molar-refractivity contribution >= 4 is 51.3 Å². The second-order valence-corrected chi connectivity index (χ2v) is 21.4. The monoisotopic (exact) mass is 757 g/mol. The first-order valence-corrected chi connectivity index (χ1v) is 21.3. The minimum Gasteiger partial charge on any atom is -0.468 e.